The Morgan fingerprint density at radius 2 is 1.71 bits per heavy atom. The van der Waals surface area contributed by atoms with Gasteiger partial charge in [-0.1, -0.05) is 60.1 Å². The highest BCUT2D eigenvalue weighted by atomic mass is 79.9. The number of hydrogen-bond acceptors (Lipinski definition) is 6. The summed E-state index contributed by atoms with van der Waals surface area (Å²) >= 11 is 3.33. The number of methoxy groups -OCH3 is 1. The second-order valence-electron chi connectivity index (χ2n) is 8.53. The lowest BCUT2D eigenvalue weighted by Crippen LogP contribution is -2.56. The summed E-state index contributed by atoms with van der Waals surface area (Å²) in [5.74, 6) is -1.32. The molecule has 10 heteroatoms. The summed E-state index contributed by atoms with van der Waals surface area (Å²) < 4.78 is 5.52. The number of rotatable bonds is 8. The van der Waals surface area contributed by atoms with Gasteiger partial charge in [0, 0.05) is 22.3 Å². The van der Waals surface area contributed by atoms with Gasteiger partial charge in [0.15, 0.2) is 5.78 Å². The van der Waals surface area contributed by atoms with Gasteiger partial charge in [-0.3, -0.25) is 14.4 Å². The number of nitrogens with one attached hydrogen (secondary N) is 2. The molecule has 1 aliphatic heterocycles. The molecule has 1 saturated heterocycles. The van der Waals surface area contributed by atoms with Crippen molar-refractivity contribution in [1.29, 1.82) is 0 Å². The molecule has 2 N–H and O–H groups in total. The highest BCUT2D eigenvalue weighted by molar-refractivity contribution is 9.10. The van der Waals surface area contributed by atoms with E-state index in [-0.39, 0.29) is 31.5 Å². The molecular weight excluding hydrogens is 516 g/mol. The fraction of sp³-hybridized carbons (Fsp3) is 0.360. The van der Waals surface area contributed by atoms with Crippen LogP contribution in [0, 0.1) is 5.92 Å². The van der Waals surface area contributed by atoms with Crippen LogP contribution in [0.2, 0.25) is 0 Å². The van der Waals surface area contributed by atoms with Gasteiger partial charge in [-0.15, -0.1) is 0 Å². The van der Waals surface area contributed by atoms with Crippen LogP contribution in [0.3, 0.4) is 0 Å². The third-order valence-electron chi connectivity index (χ3n) is 5.78. The maximum Gasteiger partial charge on any atom is 0.407 e. The van der Waals surface area contributed by atoms with E-state index in [1.54, 1.807) is 38.1 Å². The molecule has 35 heavy (non-hydrogen) atoms. The van der Waals surface area contributed by atoms with Gasteiger partial charge in [0.2, 0.25) is 11.8 Å². The fourth-order valence-electron chi connectivity index (χ4n) is 3.82. The molecule has 0 aliphatic carbocycles. The summed E-state index contributed by atoms with van der Waals surface area (Å²) in [6, 6.07) is 14.6. The Kier molecular flexibility index (Phi) is 8.86. The molecule has 0 radical (unpaired) electrons. The van der Waals surface area contributed by atoms with Crippen molar-refractivity contribution in [3.05, 3.63) is 64.6 Å². The van der Waals surface area contributed by atoms with Crippen LogP contribution < -0.4 is 15.5 Å². The summed E-state index contributed by atoms with van der Waals surface area (Å²) in [6.45, 7) is 3.81. The van der Waals surface area contributed by atoms with Gasteiger partial charge in [-0.05, 0) is 30.2 Å². The number of Topliss-reactive ketones (excluding diaryl/α,β-unsaturated/α-hetero) is 1. The lowest BCUT2D eigenvalue weighted by Gasteiger charge is -2.29. The zero-order valence-electron chi connectivity index (χ0n) is 19.9. The molecular formula is C25H29BrN4O5. The van der Waals surface area contributed by atoms with Gasteiger partial charge in [-0.25, -0.2) is 4.79 Å². The first-order valence-corrected chi connectivity index (χ1v) is 12.0. The standard InChI is InChI=1S/C25H29BrN4O5/c1-16(2)22(28-25(34)35-3)24(33)30-15-29(19-7-5-4-6-8-19)14-20(30)23(32)27-13-21(31)17-9-11-18(26)12-10-17/h4-12,16,20,22H,13-15H2,1-3H3,(H,27,32)(H,28,34). The highest BCUT2D eigenvalue weighted by Gasteiger charge is 2.42. The summed E-state index contributed by atoms with van der Waals surface area (Å²) in [5, 5.41) is 5.25. The third-order valence-corrected chi connectivity index (χ3v) is 6.31. The number of benzene rings is 2. The summed E-state index contributed by atoms with van der Waals surface area (Å²) in [5.41, 5.74) is 1.33. The van der Waals surface area contributed by atoms with E-state index in [4.69, 9.17) is 0 Å². The number of anilines is 1. The molecule has 3 amide bonds. The monoisotopic (exact) mass is 544 g/mol. The minimum absolute atomic E-state index is 0.160. The molecule has 2 aromatic rings. The van der Waals surface area contributed by atoms with Crippen molar-refractivity contribution < 1.29 is 23.9 Å². The fourth-order valence-corrected chi connectivity index (χ4v) is 4.09. The lowest BCUT2D eigenvalue weighted by atomic mass is 10.0. The molecule has 2 atom stereocenters. The predicted octanol–water partition coefficient (Wildman–Crippen LogP) is 2.80. The Bertz CT molecular complexity index is 1060. The van der Waals surface area contributed by atoms with Crippen molar-refractivity contribution in [2.75, 3.05) is 31.8 Å². The molecule has 3 rings (SSSR count). The van der Waals surface area contributed by atoms with Crippen LogP contribution >= 0.6 is 15.9 Å². The normalized spacial score (nSPS) is 16.1. The number of nitrogens with zero attached hydrogens (tertiary/aromatic N) is 2. The molecule has 0 aromatic heterocycles. The van der Waals surface area contributed by atoms with Gasteiger partial charge < -0.3 is 25.2 Å². The highest BCUT2D eigenvalue weighted by Crippen LogP contribution is 2.24. The molecule has 2 unspecified atom stereocenters. The molecule has 1 aliphatic rings. The number of carbonyl (C=O) groups is 4. The predicted molar refractivity (Wildman–Crippen MR) is 135 cm³/mol. The first kappa shape index (κ1) is 26.2. The summed E-state index contributed by atoms with van der Waals surface area (Å²) in [6.07, 6.45) is -0.725. The maximum atomic E-state index is 13.5. The number of halogens is 1. The minimum atomic E-state index is -0.877. The van der Waals surface area contributed by atoms with Crippen molar-refractivity contribution in [1.82, 2.24) is 15.5 Å². The van der Waals surface area contributed by atoms with E-state index in [0.29, 0.717) is 5.56 Å². The van der Waals surface area contributed by atoms with Crippen LogP contribution in [0.15, 0.2) is 59.1 Å². The lowest BCUT2D eigenvalue weighted by molar-refractivity contribution is -0.140. The summed E-state index contributed by atoms with van der Waals surface area (Å²) in [4.78, 5) is 54.4. The topological polar surface area (TPSA) is 108 Å². The molecule has 186 valence electrons. The number of para-hydroxylation sites is 1. The van der Waals surface area contributed by atoms with Crippen LogP contribution in [0.4, 0.5) is 10.5 Å². The van der Waals surface area contributed by atoms with Gasteiger partial charge in [0.1, 0.15) is 12.1 Å². The Hall–Kier alpha value is -3.40. The second-order valence-corrected chi connectivity index (χ2v) is 9.44. The summed E-state index contributed by atoms with van der Waals surface area (Å²) in [7, 11) is 1.23. The van der Waals surface area contributed by atoms with Crippen LogP contribution in [-0.4, -0.2) is 67.5 Å². The van der Waals surface area contributed by atoms with Crippen LogP contribution in [0.1, 0.15) is 24.2 Å². The average Bonchev–Trinajstić information content (AvgIpc) is 3.31. The van der Waals surface area contributed by atoms with E-state index in [2.05, 4.69) is 31.3 Å². The number of ether oxygens (including phenoxy) is 1. The zero-order valence-corrected chi connectivity index (χ0v) is 21.4. The number of ketones is 1. The van der Waals surface area contributed by atoms with Gasteiger partial charge in [0.05, 0.1) is 20.3 Å². The van der Waals surface area contributed by atoms with Gasteiger partial charge in [-0.2, -0.15) is 0 Å². The Morgan fingerprint density at radius 3 is 2.31 bits per heavy atom. The van der Waals surface area contributed by atoms with E-state index in [1.807, 2.05) is 35.2 Å². The number of amides is 3. The Morgan fingerprint density at radius 1 is 1.06 bits per heavy atom. The smallest absolute Gasteiger partial charge is 0.407 e. The largest absolute Gasteiger partial charge is 0.453 e. The first-order valence-electron chi connectivity index (χ1n) is 11.2. The average molecular weight is 545 g/mol. The third kappa shape index (κ3) is 6.60. The van der Waals surface area contributed by atoms with E-state index >= 15 is 0 Å². The SMILES string of the molecule is COC(=O)NC(C(=O)N1CN(c2ccccc2)CC1C(=O)NCC(=O)c1ccc(Br)cc1)C(C)C. The van der Waals surface area contributed by atoms with E-state index in [9.17, 15) is 19.2 Å². The molecule has 0 spiro atoms. The van der Waals surface area contributed by atoms with E-state index in [1.165, 1.54) is 12.0 Å². The maximum absolute atomic E-state index is 13.5. The Balaban J connectivity index is 1.78. The first-order chi connectivity index (χ1) is 16.7. The number of hydrogen-bond donors (Lipinski definition) is 2. The van der Waals surface area contributed by atoms with E-state index in [0.717, 1.165) is 10.2 Å². The minimum Gasteiger partial charge on any atom is -0.453 e. The quantitative estimate of drug-likeness (QED) is 0.494. The van der Waals surface area contributed by atoms with Gasteiger partial charge >= 0.3 is 6.09 Å². The molecule has 9 nitrogen and oxygen atoms in total. The van der Waals surface area contributed by atoms with Crippen molar-refractivity contribution in [2.45, 2.75) is 25.9 Å². The Labute approximate surface area is 212 Å². The number of carbonyl (C=O) groups excluding carboxylic acids is 4. The molecule has 1 heterocycles. The van der Waals surface area contributed by atoms with Crippen LogP contribution in [0.5, 0.6) is 0 Å². The number of alkyl carbamates (subject to hydrolysis) is 1. The molecule has 0 saturated carbocycles. The van der Waals surface area contributed by atoms with Crippen molar-refractivity contribution >= 4 is 45.3 Å². The van der Waals surface area contributed by atoms with Crippen LogP contribution in [-0.2, 0) is 14.3 Å². The van der Waals surface area contributed by atoms with Crippen molar-refractivity contribution in [2.24, 2.45) is 5.92 Å². The second kappa shape index (κ2) is 11.8. The van der Waals surface area contributed by atoms with Crippen molar-refractivity contribution in [3.63, 3.8) is 0 Å². The zero-order chi connectivity index (χ0) is 25.5. The van der Waals surface area contributed by atoms with E-state index < -0.39 is 30.0 Å². The van der Waals surface area contributed by atoms with Crippen LogP contribution in [0.25, 0.3) is 0 Å². The molecule has 1 fully saturated rings. The molecule has 0 bridgehead atoms. The van der Waals surface area contributed by atoms with Gasteiger partial charge in [0.25, 0.3) is 0 Å². The van der Waals surface area contributed by atoms with Crippen molar-refractivity contribution in [3.8, 4) is 0 Å². The molecule has 2 aromatic carbocycles.